The molecule has 0 unspecified atom stereocenters. The first-order chi connectivity index (χ1) is 3.72. The van der Waals surface area contributed by atoms with E-state index in [4.69, 9.17) is 0 Å². The first kappa shape index (κ1) is 7.43. The molecule has 0 saturated heterocycles. The molecule has 0 aliphatic carbocycles. The number of hydrogen-bond donors (Lipinski definition) is 0. The van der Waals surface area contributed by atoms with Gasteiger partial charge in [-0.05, 0) is 0 Å². The predicted molar refractivity (Wildman–Crippen MR) is 30.1 cm³/mol. The Morgan fingerprint density at radius 1 is 1.75 bits per heavy atom. The average molecular weight is 119 g/mol. The van der Waals surface area contributed by atoms with Gasteiger partial charge in [0.1, 0.15) is 0 Å². The topological polar surface area (TPSA) is 29.5 Å². The number of carbonyl (C=O) groups is 1. The largest absolute Gasteiger partial charge is 0.275 e. The van der Waals surface area contributed by atoms with Gasteiger partial charge in [-0.25, -0.2) is 5.06 Å². The molecule has 0 saturated carbocycles. The van der Waals surface area contributed by atoms with Gasteiger partial charge in [0.05, 0.1) is 7.11 Å². The summed E-state index contributed by atoms with van der Waals surface area (Å²) >= 11 is 0. The summed E-state index contributed by atoms with van der Waals surface area (Å²) < 4.78 is 0. The summed E-state index contributed by atoms with van der Waals surface area (Å²) in [5.41, 5.74) is 0. The molecule has 48 valence electrons. The number of rotatable bonds is 2. The zero-order valence-corrected chi connectivity index (χ0v) is 5.47. The molecular weight excluding hydrogens is 108 g/mol. The van der Waals surface area contributed by atoms with Crippen molar-refractivity contribution in [3.63, 3.8) is 0 Å². The van der Waals surface area contributed by atoms with Crippen molar-refractivity contribution in [3.05, 3.63) is 0 Å². The van der Waals surface area contributed by atoms with Crippen LogP contribution in [0.1, 0.15) is 13.3 Å². The van der Waals surface area contributed by atoms with Crippen LogP contribution in [-0.2, 0) is 9.63 Å². The van der Waals surface area contributed by atoms with Crippen LogP contribution >= 0.6 is 0 Å². The maximum absolute atomic E-state index is 10.5. The van der Waals surface area contributed by atoms with E-state index in [2.05, 4.69) is 4.84 Å². The van der Waals surface area contributed by atoms with E-state index in [1.54, 1.807) is 14.0 Å². The van der Waals surface area contributed by atoms with E-state index in [1.807, 2.05) is 0 Å². The summed E-state index contributed by atoms with van der Waals surface area (Å²) in [6.45, 7) is 1.79. The van der Waals surface area contributed by atoms with Crippen molar-refractivity contribution in [3.8, 4) is 0 Å². The van der Waals surface area contributed by atoms with E-state index >= 15 is 0 Å². The lowest BCUT2D eigenvalue weighted by Gasteiger charge is -2.10. The van der Waals surface area contributed by atoms with Crippen LogP contribution in [0.5, 0.6) is 0 Å². The van der Waals surface area contributed by atoms with Crippen LogP contribution in [0.4, 0.5) is 0 Å². The molecule has 3 heteroatoms. The predicted octanol–water partition coefficient (Wildman–Crippen LogP) is 0.416. The monoisotopic (exact) mass is 119 g/mol. The van der Waals surface area contributed by atoms with Gasteiger partial charge in [-0.15, -0.1) is 0 Å². The second-order valence-electron chi connectivity index (χ2n) is 1.43. The molecule has 0 fully saturated rings. The molecule has 0 radical (unpaired) electrons. The smallest absolute Gasteiger partial charge is 0.245 e. The SMILES string of the molecule is CC[14C](=O)N(C)OC. The fourth-order valence-electron chi connectivity index (χ4n) is 0.324. The highest BCUT2D eigenvalue weighted by Gasteiger charge is 2.01. The summed E-state index contributed by atoms with van der Waals surface area (Å²) in [6, 6.07) is 0. The molecule has 0 aromatic rings. The summed E-state index contributed by atoms with van der Waals surface area (Å²) in [5.74, 6) is -0.00694. The minimum atomic E-state index is -0.00694. The van der Waals surface area contributed by atoms with Gasteiger partial charge in [0.25, 0.3) is 0 Å². The highest BCUT2D eigenvalue weighted by molar-refractivity contribution is 5.74. The minimum absolute atomic E-state index is 0.00694. The summed E-state index contributed by atoms with van der Waals surface area (Å²) in [7, 11) is 3.05. The van der Waals surface area contributed by atoms with Crippen LogP contribution in [-0.4, -0.2) is 25.1 Å². The van der Waals surface area contributed by atoms with Crippen LogP contribution < -0.4 is 0 Å². The van der Waals surface area contributed by atoms with Gasteiger partial charge in [-0.1, -0.05) is 6.92 Å². The molecule has 0 atom stereocenters. The van der Waals surface area contributed by atoms with Crippen molar-refractivity contribution in [2.24, 2.45) is 0 Å². The molecule has 0 bridgehead atoms. The Labute approximate surface area is 49.2 Å². The fourth-order valence-corrected chi connectivity index (χ4v) is 0.324. The van der Waals surface area contributed by atoms with Gasteiger partial charge in [0.15, 0.2) is 0 Å². The van der Waals surface area contributed by atoms with Crippen molar-refractivity contribution < 1.29 is 9.63 Å². The quantitative estimate of drug-likeness (QED) is 0.493. The summed E-state index contributed by atoms with van der Waals surface area (Å²) in [6.07, 6.45) is 0.490. The molecule has 0 heterocycles. The number of carbonyl (C=O) groups excluding carboxylic acids is 1. The van der Waals surface area contributed by atoms with E-state index < -0.39 is 0 Å². The lowest BCUT2D eigenvalue weighted by molar-refractivity contribution is -0.168. The van der Waals surface area contributed by atoms with Crippen molar-refractivity contribution in [2.75, 3.05) is 14.2 Å². The standard InChI is InChI=1S/C5H11NO2/c1-4-5(7)6(2)8-3/h4H2,1-3H3/i5+2. The number of hydroxylamine groups is 2. The molecule has 1 amide bonds. The van der Waals surface area contributed by atoms with Gasteiger partial charge < -0.3 is 0 Å². The Morgan fingerprint density at radius 3 is 2.38 bits per heavy atom. The maximum atomic E-state index is 10.5. The number of amides is 1. The zero-order chi connectivity index (χ0) is 6.57. The van der Waals surface area contributed by atoms with Crippen LogP contribution in [0.2, 0.25) is 0 Å². The molecule has 8 heavy (non-hydrogen) atoms. The first-order valence-corrected chi connectivity index (χ1v) is 2.53. The summed E-state index contributed by atoms with van der Waals surface area (Å²) in [5, 5.41) is 1.21. The van der Waals surface area contributed by atoms with Gasteiger partial charge in [-0.2, -0.15) is 0 Å². The molecule has 0 aliphatic rings. The second-order valence-corrected chi connectivity index (χ2v) is 1.43. The Hall–Kier alpha value is -0.570. The van der Waals surface area contributed by atoms with Crippen molar-refractivity contribution in [2.45, 2.75) is 13.3 Å². The third-order valence-electron chi connectivity index (χ3n) is 0.928. The van der Waals surface area contributed by atoms with E-state index in [9.17, 15) is 4.79 Å². The lowest BCUT2D eigenvalue weighted by Crippen LogP contribution is -2.23. The molecule has 0 aromatic heterocycles. The average Bonchev–Trinajstić information content (AvgIpc) is 1.84. The van der Waals surface area contributed by atoms with Crippen LogP contribution in [0.15, 0.2) is 0 Å². The van der Waals surface area contributed by atoms with Gasteiger partial charge >= 0.3 is 0 Å². The highest BCUT2D eigenvalue weighted by Crippen LogP contribution is 1.86. The molecule has 3 nitrogen and oxygen atoms in total. The van der Waals surface area contributed by atoms with Crippen LogP contribution in [0, 0.1) is 0 Å². The van der Waals surface area contributed by atoms with Crippen molar-refractivity contribution >= 4 is 5.91 Å². The fraction of sp³-hybridized carbons (Fsp3) is 0.800. The zero-order valence-electron chi connectivity index (χ0n) is 5.47. The molecule has 0 N–H and O–H groups in total. The van der Waals surface area contributed by atoms with Crippen molar-refractivity contribution in [1.29, 1.82) is 0 Å². The van der Waals surface area contributed by atoms with E-state index in [0.717, 1.165) is 0 Å². The third kappa shape index (κ3) is 1.93. The molecular formula is C5H11NO2. The minimum Gasteiger partial charge on any atom is -0.275 e. The first-order valence-electron chi connectivity index (χ1n) is 2.53. The molecule has 0 spiro atoms. The Balaban J connectivity index is 3.46. The Kier molecular flexibility index (Phi) is 3.19. The Bertz CT molecular complexity index is 82.5. The van der Waals surface area contributed by atoms with Crippen molar-refractivity contribution in [1.82, 2.24) is 5.06 Å². The molecule has 0 rings (SSSR count). The van der Waals surface area contributed by atoms with Crippen LogP contribution in [0.3, 0.4) is 0 Å². The normalized spacial score (nSPS) is 8.88. The van der Waals surface area contributed by atoms with Gasteiger partial charge in [0.2, 0.25) is 5.91 Å². The van der Waals surface area contributed by atoms with E-state index in [1.165, 1.54) is 12.2 Å². The lowest BCUT2D eigenvalue weighted by atomic mass is 10.8. The van der Waals surface area contributed by atoms with E-state index in [-0.39, 0.29) is 5.91 Å². The third-order valence-corrected chi connectivity index (χ3v) is 0.928. The maximum Gasteiger partial charge on any atom is 0.245 e. The number of nitrogens with zero attached hydrogens (tertiary/aromatic N) is 1. The number of hydrogen-bond acceptors (Lipinski definition) is 2. The second kappa shape index (κ2) is 3.43. The highest BCUT2D eigenvalue weighted by atomic mass is 16.7. The Morgan fingerprint density at radius 2 is 2.25 bits per heavy atom. The van der Waals surface area contributed by atoms with Crippen LogP contribution in [0.25, 0.3) is 0 Å². The van der Waals surface area contributed by atoms with E-state index in [0.29, 0.717) is 6.42 Å². The summed E-state index contributed by atoms with van der Waals surface area (Å²) in [4.78, 5) is 15.1. The van der Waals surface area contributed by atoms with Gasteiger partial charge in [-0.3, -0.25) is 9.63 Å². The molecule has 0 aliphatic heterocycles. The molecule has 0 aromatic carbocycles. The van der Waals surface area contributed by atoms with Gasteiger partial charge in [0, 0.05) is 13.5 Å².